The highest BCUT2D eigenvalue weighted by molar-refractivity contribution is 5.69. The van der Waals surface area contributed by atoms with Crippen LogP contribution < -0.4 is 10.1 Å². The van der Waals surface area contributed by atoms with Gasteiger partial charge in [0.15, 0.2) is 0 Å². The van der Waals surface area contributed by atoms with Crippen molar-refractivity contribution in [3.63, 3.8) is 0 Å². The maximum absolute atomic E-state index is 5.38. The van der Waals surface area contributed by atoms with Crippen molar-refractivity contribution in [2.24, 2.45) is 0 Å². The van der Waals surface area contributed by atoms with E-state index in [0.29, 0.717) is 6.61 Å². The van der Waals surface area contributed by atoms with E-state index in [-0.39, 0.29) is 0 Å². The topological polar surface area (TPSA) is 59.2 Å². The molecule has 1 aromatic carbocycles. The van der Waals surface area contributed by atoms with Crippen molar-refractivity contribution in [2.75, 3.05) is 27.4 Å². The van der Waals surface area contributed by atoms with Crippen LogP contribution in [0.15, 0.2) is 30.5 Å². The van der Waals surface area contributed by atoms with Crippen molar-refractivity contribution in [3.05, 3.63) is 36.0 Å². The Bertz CT molecular complexity index is 511. The Morgan fingerprint density at radius 1 is 1.26 bits per heavy atom. The molecule has 0 bridgehead atoms. The van der Waals surface area contributed by atoms with Crippen molar-refractivity contribution in [2.45, 2.75) is 6.54 Å². The molecule has 102 valence electrons. The van der Waals surface area contributed by atoms with Gasteiger partial charge in [-0.3, -0.25) is 5.10 Å². The highest BCUT2D eigenvalue weighted by Crippen LogP contribution is 2.30. The molecule has 0 atom stereocenters. The quantitative estimate of drug-likeness (QED) is 0.746. The lowest BCUT2D eigenvalue weighted by Gasteiger charge is -2.09. The first kappa shape index (κ1) is 13.6. The first-order valence-corrected chi connectivity index (χ1v) is 6.22. The standard InChI is InChI=1S/C14H19N3O2/c1-18-8-7-15-9-11-10-16-17-14(11)12-5-3-4-6-13(12)19-2/h3-6,10,15H,7-9H2,1-2H3,(H,16,17). The van der Waals surface area contributed by atoms with Gasteiger partial charge < -0.3 is 14.8 Å². The van der Waals surface area contributed by atoms with Gasteiger partial charge in [-0.1, -0.05) is 12.1 Å². The molecule has 1 heterocycles. The Balaban J connectivity index is 2.14. The largest absolute Gasteiger partial charge is 0.496 e. The Morgan fingerprint density at radius 3 is 2.89 bits per heavy atom. The fourth-order valence-corrected chi connectivity index (χ4v) is 1.93. The first-order valence-electron chi connectivity index (χ1n) is 6.22. The number of aromatic nitrogens is 2. The molecule has 0 aliphatic rings. The van der Waals surface area contributed by atoms with Crippen LogP contribution in [0.5, 0.6) is 5.75 Å². The minimum absolute atomic E-state index is 0.696. The summed E-state index contributed by atoms with van der Waals surface area (Å²) >= 11 is 0. The third-order valence-corrected chi connectivity index (χ3v) is 2.89. The van der Waals surface area contributed by atoms with Gasteiger partial charge in [-0.25, -0.2) is 0 Å². The number of H-pyrrole nitrogens is 1. The monoisotopic (exact) mass is 261 g/mol. The maximum atomic E-state index is 5.38. The normalized spacial score (nSPS) is 10.6. The predicted molar refractivity (Wildman–Crippen MR) is 74.2 cm³/mol. The van der Waals surface area contributed by atoms with Crippen LogP contribution in [-0.2, 0) is 11.3 Å². The highest BCUT2D eigenvalue weighted by atomic mass is 16.5. The van der Waals surface area contributed by atoms with Crippen LogP contribution in [0.25, 0.3) is 11.3 Å². The number of ether oxygens (including phenoxy) is 2. The molecule has 19 heavy (non-hydrogen) atoms. The third kappa shape index (κ3) is 3.33. The first-order chi connectivity index (χ1) is 9.36. The molecule has 0 aliphatic heterocycles. The second kappa shape index (κ2) is 6.92. The van der Waals surface area contributed by atoms with Crippen LogP contribution in [-0.4, -0.2) is 37.6 Å². The summed E-state index contributed by atoms with van der Waals surface area (Å²) in [5.74, 6) is 0.838. The highest BCUT2D eigenvalue weighted by Gasteiger charge is 2.11. The lowest BCUT2D eigenvalue weighted by molar-refractivity contribution is 0.199. The molecule has 0 saturated carbocycles. The fourth-order valence-electron chi connectivity index (χ4n) is 1.93. The number of aromatic amines is 1. The number of para-hydroxylation sites is 1. The molecular formula is C14H19N3O2. The van der Waals surface area contributed by atoms with E-state index >= 15 is 0 Å². The van der Waals surface area contributed by atoms with Crippen LogP contribution in [0.1, 0.15) is 5.56 Å². The van der Waals surface area contributed by atoms with Gasteiger partial charge in [0, 0.05) is 31.3 Å². The van der Waals surface area contributed by atoms with Crippen molar-refractivity contribution in [3.8, 4) is 17.0 Å². The van der Waals surface area contributed by atoms with Crippen LogP contribution in [0, 0.1) is 0 Å². The van der Waals surface area contributed by atoms with E-state index in [1.807, 2.05) is 30.5 Å². The van der Waals surface area contributed by atoms with E-state index in [1.165, 1.54) is 0 Å². The molecular weight excluding hydrogens is 242 g/mol. The lowest BCUT2D eigenvalue weighted by atomic mass is 10.1. The lowest BCUT2D eigenvalue weighted by Crippen LogP contribution is -2.18. The molecule has 2 N–H and O–H groups in total. The van der Waals surface area contributed by atoms with Crippen molar-refractivity contribution in [1.29, 1.82) is 0 Å². The summed E-state index contributed by atoms with van der Waals surface area (Å²) in [7, 11) is 3.37. The number of hydrogen-bond donors (Lipinski definition) is 2. The Hall–Kier alpha value is -1.85. The second-order valence-corrected chi connectivity index (χ2v) is 4.14. The van der Waals surface area contributed by atoms with Crippen molar-refractivity contribution >= 4 is 0 Å². The third-order valence-electron chi connectivity index (χ3n) is 2.89. The molecule has 2 aromatic rings. The molecule has 0 aliphatic carbocycles. The molecule has 5 nitrogen and oxygen atoms in total. The molecule has 2 rings (SSSR count). The van der Waals surface area contributed by atoms with E-state index in [4.69, 9.17) is 9.47 Å². The van der Waals surface area contributed by atoms with Gasteiger partial charge in [0.05, 0.1) is 25.6 Å². The summed E-state index contributed by atoms with van der Waals surface area (Å²) in [4.78, 5) is 0. The average molecular weight is 261 g/mol. The molecule has 0 amide bonds. The summed E-state index contributed by atoms with van der Waals surface area (Å²) in [6.45, 7) is 2.25. The summed E-state index contributed by atoms with van der Waals surface area (Å²) in [5.41, 5.74) is 3.12. The van der Waals surface area contributed by atoms with Crippen molar-refractivity contribution < 1.29 is 9.47 Å². The molecule has 0 fully saturated rings. The molecule has 0 radical (unpaired) electrons. The molecule has 0 unspecified atom stereocenters. The van der Waals surface area contributed by atoms with Crippen LogP contribution in [0.3, 0.4) is 0 Å². The number of benzene rings is 1. The molecule has 1 aromatic heterocycles. The zero-order valence-electron chi connectivity index (χ0n) is 11.3. The SMILES string of the molecule is COCCNCc1cn[nH]c1-c1ccccc1OC. The number of methoxy groups -OCH3 is 2. The van der Waals surface area contributed by atoms with Gasteiger partial charge in [0.2, 0.25) is 0 Å². The van der Waals surface area contributed by atoms with E-state index in [2.05, 4.69) is 15.5 Å². The van der Waals surface area contributed by atoms with E-state index < -0.39 is 0 Å². The second-order valence-electron chi connectivity index (χ2n) is 4.14. The van der Waals surface area contributed by atoms with Gasteiger partial charge in [0.25, 0.3) is 0 Å². The Morgan fingerprint density at radius 2 is 2.11 bits per heavy atom. The zero-order chi connectivity index (χ0) is 13.5. The van der Waals surface area contributed by atoms with Gasteiger partial charge in [-0.2, -0.15) is 5.10 Å². The van der Waals surface area contributed by atoms with Gasteiger partial charge in [0.1, 0.15) is 5.75 Å². The smallest absolute Gasteiger partial charge is 0.128 e. The summed E-state index contributed by atoms with van der Waals surface area (Å²) in [6, 6.07) is 7.90. The summed E-state index contributed by atoms with van der Waals surface area (Å²) in [6.07, 6.45) is 1.83. The van der Waals surface area contributed by atoms with E-state index in [9.17, 15) is 0 Å². The maximum Gasteiger partial charge on any atom is 0.128 e. The van der Waals surface area contributed by atoms with E-state index in [1.54, 1.807) is 14.2 Å². The van der Waals surface area contributed by atoms with Gasteiger partial charge in [-0.15, -0.1) is 0 Å². The summed E-state index contributed by atoms with van der Waals surface area (Å²) < 4.78 is 10.4. The Kier molecular flexibility index (Phi) is 4.94. The molecule has 0 saturated heterocycles. The fraction of sp³-hybridized carbons (Fsp3) is 0.357. The van der Waals surface area contributed by atoms with Gasteiger partial charge >= 0.3 is 0 Å². The van der Waals surface area contributed by atoms with Crippen LogP contribution in [0.4, 0.5) is 0 Å². The number of nitrogens with zero attached hydrogens (tertiary/aromatic N) is 1. The minimum Gasteiger partial charge on any atom is -0.496 e. The molecule has 0 spiro atoms. The number of nitrogens with one attached hydrogen (secondary N) is 2. The van der Waals surface area contributed by atoms with Gasteiger partial charge in [-0.05, 0) is 12.1 Å². The number of hydrogen-bond acceptors (Lipinski definition) is 4. The van der Waals surface area contributed by atoms with Crippen molar-refractivity contribution in [1.82, 2.24) is 15.5 Å². The van der Waals surface area contributed by atoms with Crippen LogP contribution in [0.2, 0.25) is 0 Å². The Labute approximate surface area is 112 Å². The van der Waals surface area contributed by atoms with Crippen LogP contribution >= 0.6 is 0 Å². The van der Waals surface area contributed by atoms with E-state index in [0.717, 1.165) is 35.7 Å². The minimum atomic E-state index is 0.696. The number of rotatable bonds is 7. The zero-order valence-corrected chi connectivity index (χ0v) is 11.3. The predicted octanol–water partition coefficient (Wildman–Crippen LogP) is 1.82. The summed E-state index contributed by atoms with van der Waals surface area (Å²) in [5, 5.41) is 10.5. The average Bonchev–Trinajstić information content (AvgIpc) is 2.92. The molecule has 5 heteroatoms.